The number of aromatic nitrogens is 1. The Kier molecular flexibility index (Phi) is 3.63. The third-order valence-electron chi connectivity index (χ3n) is 3.11. The van der Waals surface area contributed by atoms with Crippen molar-refractivity contribution in [3.63, 3.8) is 0 Å². The molecule has 0 atom stereocenters. The molecule has 0 spiro atoms. The largest absolute Gasteiger partial charge is 0.456 e. The van der Waals surface area contributed by atoms with Gasteiger partial charge in [-0.2, -0.15) is 17.9 Å². The van der Waals surface area contributed by atoms with Crippen molar-refractivity contribution in [2.75, 3.05) is 0 Å². The maximum atomic E-state index is 12.8. The van der Waals surface area contributed by atoms with E-state index in [2.05, 4.69) is 0 Å². The van der Waals surface area contributed by atoms with Gasteiger partial charge in [0.1, 0.15) is 5.60 Å². The van der Waals surface area contributed by atoms with Gasteiger partial charge in [0.25, 0.3) is 0 Å². The Labute approximate surface area is 125 Å². The first kappa shape index (κ1) is 16.2. The second-order valence-corrected chi connectivity index (χ2v) is 6.00. The van der Waals surface area contributed by atoms with E-state index in [9.17, 15) is 23.2 Å². The molecule has 4 nitrogen and oxygen atoms in total. The number of carbonyl (C=O) groups excluding carboxylic acids is 1. The van der Waals surface area contributed by atoms with Gasteiger partial charge in [0.05, 0.1) is 22.3 Å². The Bertz CT molecular complexity index is 739. The molecule has 0 bridgehead atoms. The van der Waals surface area contributed by atoms with Crippen LogP contribution in [0.25, 0.3) is 10.9 Å². The summed E-state index contributed by atoms with van der Waals surface area (Å²) in [6.45, 7) is 6.48. The molecule has 0 aliphatic rings. The summed E-state index contributed by atoms with van der Waals surface area (Å²) in [6, 6.07) is 2.84. The van der Waals surface area contributed by atoms with Gasteiger partial charge in [-0.1, -0.05) is 6.07 Å². The average molecular weight is 315 g/mol. The van der Waals surface area contributed by atoms with E-state index in [-0.39, 0.29) is 22.2 Å². The lowest BCUT2D eigenvalue weighted by molar-refractivity contribution is -0.137. The minimum absolute atomic E-state index is 0.0566. The first-order valence-electron chi connectivity index (χ1n) is 6.56. The molecule has 0 saturated heterocycles. The number of nitrogens with zero attached hydrogens (tertiary/aromatic N) is 1. The molecule has 2 rings (SSSR count). The van der Waals surface area contributed by atoms with Crippen LogP contribution in [-0.4, -0.2) is 21.5 Å². The second kappa shape index (κ2) is 4.93. The second-order valence-electron chi connectivity index (χ2n) is 6.00. The van der Waals surface area contributed by atoms with Gasteiger partial charge in [-0.15, -0.1) is 0 Å². The lowest BCUT2D eigenvalue weighted by atomic mass is 10.1. The van der Waals surface area contributed by atoms with Crippen molar-refractivity contribution in [1.29, 1.82) is 0 Å². The summed E-state index contributed by atoms with van der Waals surface area (Å²) < 4.78 is 44.1. The average Bonchev–Trinajstić information content (AvgIpc) is 2.58. The number of halogens is 3. The molecule has 1 N–H and O–H groups in total. The van der Waals surface area contributed by atoms with Crippen LogP contribution in [0.5, 0.6) is 0 Å². The van der Waals surface area contributed by atoms with Crippen LogP contribution in [0.1, 0.15) is 42.4 Å². The van der Waals surface area contributed by atoms with Crippen LogP contribution in [0.15, 0.2) is 18.2 Å². The molecule has 120 valence electrons. The van der Waals surface area contributed by atoms with E-state index in [0.29, 0.717) is 4.73 Å². The standard InChI is InChI=1S/C15H16F3NO3/c1-8-12(13(20)22-14(2,3)4)10-6-5-9(15(16,17)18)7-11(10)19(8)21/h5-7,21H,1-4H3. The zero-order chi connectivity index (χ0) is 16.9. The van der Waals surface area contributed by atoms with E-state index < -0.39 is 23.3 Å². The Hall–Kier alpha value is -2.18. The highest BCUT2D eigenvalue weighted by molar-refractivity contribution is 6.06. The predicted octanol–water partition coefficient (Wildman–Crippen LogP) is 4.16. The van der Waals surface area contributed by atoms with Gasteiger partial charge in [-0.05, 0) is 39.8 Å². The maximum absolute atomic E-state index is 12.8. The van der Waals surface area contributed by atoms with Gasteiger partial charge in [-0.3, -0.25) is 0 Å². The van der Waals surface area contributed by atoms with Crippen LogP contribution in [0.2, 0.25) is 0 Å². The number of esters is 1. The smallest absolute Gasteiger partial charge is 0.416 e. The van der Waals surface area contributed by atoms with Crippen molar-refractivity contribution < 1.29 is 27.9 Å². The maximum Gasteiger partial charge on any atom is 0.416 e. The number of hydrogen-bond acceptors (Lipinski definition) is 3. The van der Waals surface area contributed by atoms with E-state index in [0.717, 1.165) is 18.2 Å². The molecular formula is C15H16F3NO3. The minimum atomic E-state index is -4.53. The lowest BCUT2D eigenvalue weighted by Crippen LogP contribution is -2.24. The minimum Gasteiger partial charge on any atom is -0.456 e. The molecule has 0 unspecified atom stereocenters. The molecule has 22 heavy (non-hydrogen) atoms. The number of fused-ring (bicyclic) bond motifs is 1. The van der Waals surface area contributed by atoms with E-state index in [1.165, 1.54) is 6.92 Å². The van der Waals surface area contributed by atoms with E-state index >= 15 is 0 Å². The molecule has 1 aromatic heterocycles. The van der Waals surface area contributed by atoms with Crippen LogP contribution < -0.4 is 0 Å². The molecule has 0 saturated carbocycles. The fraction of sp³-hybridized carbons (Fsp3) is 0.400. The van der Waals surface area contributed by atoms with Crippen LogP contribution in [-0.2, 0) is 10.9 Å². The van der Waals surface area contributed by atoms with Crippen molar-refractivity contribution >= 4 is 16.9 Å². The summed E-state index contributed by atoms with van der Waals surface area (Å²) in [7, 11) is 0. The summed E-state index contributed by atoms with van der Waals surface area (Å²) in [5.74, 6) is -0.692. The Morgan fingerprint density at radius 3 is 2.32 bits per heavy atom. The van der Waals surface area contributed by atoms with Gasteiger partial charge in [0, 0.05) is 5.39 Å². The normalized spacial score (nSPS) is 12.7. The first-order chi connectivity index (χ1) is 9.92. The van der Waals surface area contributed by atoms with Crippen molar-refractivity contribution in [3.8, 4) is 0 Å². The van der Waals surface area contributed by atoms with Crippen LogP contribution in [0.4, 0.5) is 13.2 Å². The summed E-state index contributed by atoms with van der Waals surface area (Å²) in [6.07, 6.45) is -4.53. The van der Waals surface area contributed by atoms with Crippen molar-refractivity contribution in [2.24, 2.45) is 0 Å². The van der Waals surface area contributed by atoms with Gasteiger partial charge >= 0.3 is 12.1 Å². The number of alkyl halides is 3. The molecule has 0 aliphatic heterocycles. The monoisotopic (exact) mass is 315 g/mol. The molecule has 0 amide bonds. The predicted molar refractivity (Wildman–Crippen MR) is 74.0 cm³/mol. The number of hydrogen-bond donors (Lipinski definition) is 1. The van der Waals surface area contributed by atoms with E-state index in [1.54, 1.807) is 20.8 Å². The Morgan fingerprint density at radius 2 is 1.82 bits per heavy atom. The molecule has 1 heterocycles. The number of benzene rings is 1. The van der Waals surface area contributed by atoms with Crippen LogP contribution in [0, 0.1) is 6.92 Å². The molecule has 1 aromatic carbocycles. The first-order valence-corrected chi connectivity index (χ1v) is 6.56. The quantitative estimate of drug-likeness (QED) is 0.635. The third kappa shape index (κ3) is 2.88. The van der Waals surface area contributed by atoms with Crippen molar-refractivity contribution in [3.05, 3.63) is 35.0 Å². The Balaban J connectivity index is 2.62. The van der Waals surface area contributed by atoms with Gasteiger partial charge < -0.3 is 9.94 Å². The fourth-order valence-corrected chi connectivity index (χ4v) is 2.16. The van der Waals surface area contributed by atoms with Crippen LogP contribution in [0.3, 0.4) is 0 Å². The highest BCUT2D eigenvalue weighted by Crippen LogP contribution is 2.34. The van der Waals surface area contributed by atoms with E-state index in [4.69, 9.17) is 4.74 Å². The van der Waals surface area contributed by atoms with Crippen molar-refractivity contribution in [2.45, 2.75) is 39.5 Å². The van der Waals surface area contributed by atoms with Crippen molar-refractivity contribution in [1.82, 2.24) is 4.73 Å². The molecule has 7 heteroatoms. The Morgan fingerprint density at radius 1 is 1.23 bits per heavy atom. The van der Waals surface area contributed by atoms with Gasteiger partial charge in [-0.25, -0.2) is 4.79 Å². The van der Waals surface area contributed by atoms with Crippen LogP contribution >= 0.6 is 0 Å². The van der Waals surface area contributed by atoms with Gasteiger partial charge in [0.2, 0.25) is 0 Å². The number of carbonyl (C=O) groups is 1. The fourth-order valence-electron chi connectivity index (χ4n) is 2.16. The molecule has 0 aliphatic carbocycles. The molecule has 0 fully saturated rings. The van der Waals surface area contributed by atoms with E-state index in [1.807, 2.05) is 0 Å². The molecular weight excluding hydrogens is 299 g/mol. The zero-order valence-electron chi connectivity index (χ0n) is 12.6. The zero-order valence-corrected chi connectivity index (χ0v) is 12.6. The lowest BCUT2D eigenvalue weighted by Gasteiger charge is -2.19. The topological polar surface area (TPSA) is 51.5 Å². The third-order valence-corrected chi connectivity index (χ3v) is 3.11. The summed E-state index contributed by atoms with van der Waals surface area (Å²) >= 11 is 0. The van der Waals surface area contributed by atoms with Gasteiger partial charge in [0.15, 0.2) is 0 Å². The summed E-state index contributed by atoms with van der Waals surface area (Å²) in [4.78, 5) is 12.2. The summed E-state index contributed by atoms with van der Waals surface area (Å²) in [5.41, 5.74) is -1.55. The SMILES string of the molecule is Cc1c(C(=O)OC(C)(C)C)c2ccc(C(F)(F)F)cc2n1O. The number of ether oxygens (including phenoxy) is 1. The highest BCUT2D eigenvalue weighted by atomic mass is 19.4. The molecule has 0 radical (unpaired) electrons. The molecule has 2 aromatic rings. The summed E-state index contributed by atoms with van der Waals surface area (Å²) in [5, 5.41) is 10.2. The number of rotatable bonds is 1. The highest BCUT2D eigenvalue weighted by Gasteiger charge is 2.32.